The van der Waals surface area contributed by atoms with Crippen LogP contribution < -0.4 is 34.9 Å². The van der Waals surface area contributed by atoms with Gasteiger partial charge < -0.3 is 39.6 Å². The molecule has 0 unspecified atom stereocenters. The fourth-order valence-corrected chi connectivity index (χ4v) is 1.94. The van der Waals surface area contributed by atoms with E-state index in [1.165, 1.54) is 0 Å². The van der Waals surface area contributed by atoms with Gasteiger partial charge in [0.25, 0.3) is 0 Å². The van der Waals surface area contributed by atoms with Crippen molar-refractivity contribution in [2.24, 2.45) is 0 Å². The molecule has 0 spiro atoms. The summed E-state index contributed by atoms with van der Waals surface area (Å²) in [5.41, 5.74) is 0. The summed E-state index contributed by atoms with van der Waals surface area (Å²) in [4.78, 5) is 2.43. The lowest BCUT2D eigenvalue weighted by Gasteiger charge is -2.26. The molecule has 116 valence electrons. The lowest BCUT2D eigenvalue weighted by Crippen LogP contribution is -3.00. The van der Waals surface area contributed by atoms with Gasteiger partial charge in [0.2, 0.25) is 0 Å². The number of benzene rings is 1. The Morgan fingerprint density at radius 3 is 2.45 bits per heavy atom. The third kappa shape index (κ3) is 7.92. The molecule has 1 aromatic carbocycles. The van der Waals surface area contributed by atoms with Crippen molar-refractivity contribution >= 4 is 0 Å². The predicted molar refractivity (Wildman–Crippen MR) is 72.1 cm³/mol. The second-order valence-electron chi connectivity index (χ2n) is 4.37. The Morgan fingerprint density at radius 2 is 1.75 bits per heavy atom. The molecule has 1 heterocycles. The molecule has 0 atom stereocenters. The van der Waals surface area contributed by atoms with E-state index in [1.807, 2.05) is 30.3 Å². The van der Waals surface area contributed by atoms with E-state index in [1.54, 1.807) is 0 Å². The third-order valence-electron chi connectivity index (χ3n) is 3.00. The highest BCUT2D eigenvalue weighted by Gasteiger charge is 2.08. The number of morpholine rings is 1. The Bertz CT molecular complexity index is 322. The van der Waals surface area contributed by atoms with E-state index in [4.69, 9.17) is 9.47 Å². The number of nitrogens with one attached hydrogen (secondary N) is 1. The van der Waals surface area contributed by atoms with E-state index in [9.17, 15) is 0 Å². The smallest absolute Gasteiger partial charge is 0.119 e. The quantitative estimate of drug-likeness (QED) is 0.510. The number of ether oxygens (including phenoxy) is 2. The standard InChI is InChI=1S/C14H22N2O2.2ClH/c1-2-4-14(5-3-1)18-11-7-15-6-8-16-9-12-17-13-10-16;;/h1-5,15H,6-13H2;2*1H/p-2. The molecular formula is C14H22Cl2N2O2-2. The largest absolute Gasteiger partial charge is 1.00 e. The van der Waals surface area contributed by atoms with Gasteiger partial charge in [-0.25, -0.2) is 0 Å². The lowest BCUT2D eigenvalue weighted by atomic mass is 10.3. The molecule has 1 fully saturated rings. The van der Waals surface area contributed by atoms with Crippen molar-refractivity contribution < 1.29 is 34.3 Å². The highest BCUT2D eigenvalue weighted by atomic mass is 35.5. The van der Waals surface area contributed by atoms with Gasteiger partial charge in [-0.05, 0) is 12.1 Å². The summed E-state index contributed by atoms with van der Waals surface area (Å²) in [7, 11) is 0. The maximum absolute atomic E-state index is 5.60. The first-order valence-electron chi connectivity index (χ1n) is 6.64. The summed E-state index contributed by atoms with van der Waals surface area (Å²) < 4.78 is 10.9. The fourth-order valence-electron chi connectivity index (χ4n) is 1.94. The highest BCUT2D eigenvalue weighted by molar-refractivity contribution is 5.20. The van der Waals surface area contributed by atoms with Crippen LogP contribution in [0, 0.1) is 0 Å². The number of nitrogens with zero attached hydrogens (tertiary/aromatic N) is 1. The second-order valence-corrected chi connectivity index (χ2v) is 4.37. The zero-order chi connectivity index (χ0) is 12.5. The molecule has 1 aliphatic heterocycles. The van der Waals surface area contributed by atoms with Crippen LogP contribution in [0.15, 0.2) is 30.3 Å². The molecule has 4 nitrogen and oxygen atoms in total. The minimum Gasteiger partial charge on any atom is -1.00 e. The van der Waals surface area contributed by atoms with Crippen LogP contribution in [0.2, 0.25) is 0 Å². The normalized spacial score (nSPS) is 15.0. The molecular weight excluding hydrogens is 299 g/mol. The monoisotopic (exact) mass is 320 g/mol. The molecule has 0 bridgehead atoms. The minimum absolute atomic E-state index is 0. The molecule has 1 aromatic rings. The molecule has 0 amide bonds. The van der Waals surface area contributed by atoms with Gasteiger partial charge in [0.1, 0.15) is 12.4 Å². The first-order valence-corrected chi connectivity index (χ1v) is 6.64. The molecule has 0 aliphatic carbocycles. The van der Waals surface area contributed by atoms with Crippen LogP contribution >= 0.6 is 0 Å². The zero-order valence-corrected chi connectivity index (χ0v) is 13.1. The summed E-state index contributed by atoms with van der Waals surface area (Å²) in [6.07, 6.45) is 0. The summed E-state index contributed by atoms with van der Waals surface area (Å²) in [6, 6.07) is 9.93. The average molecular weight is 321 g/mol. The van der Waals surface area contributed by atoms with Gasteiger partial charge in [-0.1, -0.05) is 18.2 Å². The molecule has 1 saturated heterocycles. The van der Waals surface area contributed by atoms with E-state index in [-0.39, 0.29) is 24.8 Å². The van der Waals surface area contributed by atoms with E-state index < -0.39 is 0 Å². The van der Waals surface area contributed by atoms with Gasteiger partial charge in [0.15, 0.2) is 0 Å². The maximum atomic E-state index is 5.60. The van der Waals surface area contributed by atoms with Crippen LogP contribution in [0.4, 0.5) is 0 Å². The topological polar surface area (TPSA) is 33.7 Å². The number of hydrogen-bond donors (Lipinski definition) is 1. The molecule has 0 aromatic heterocycles. The average Bonchev–Trinajstić information content (AvgIpc) is 2.45. The van der Waals surface area contributed by atoms with Crippen molar-refractivity contribution in [2.75, 3.05) is 52.5 Å². The Morgan fingerprint density at radius 1 is 1.05 bits per heavy atom. The Hall–Kier alpha value is -0.520. The van der Waals surface area contributed by atoms with Gasteiger partial charge in [-0.2, -0.15) is 0 Å². The van der Waals surface area contributed by atoms with Crippen LogP contribution in [0.5, 0.6) is 5.75 Å². The van der Waals surface area contributed by atoms with Gasteiger partial charge in [-0.3, -0.25) is 4.90 Å². The van der Waals surface area contributed by atoms with Gasteiger partial charge in [-0.15, -0.1) is 0 Å². The van der Waals surface area contributed by atoms with Crippen molar-refractivity contribution in [3.8, 4) is 5.75 Å². The molecule has 20 heavy (non-hydrogen) atoms. The molecule has 2 rings (SSSR count). The van der Waals surface area contributed by atoms with Crippen molar-refractivity contribution in [2.45, 2.75) is 0 Å². The van der Waals surface area contributed by atoms with Crippen LogP contribution in [0.25, 0.3) is 0 Å². The van der Waals surface area contributed by atoms with Crippen LogP contribution in [0.1, 0.15) is 0 Å². The Balaban J connectivity index is 0.00000180. The van der Waals surface area contributed by atoms with E-state index >= 15 is 0 Å². The number of hydrogen-bond acceptors (Lipinski definition) is 4. The van der Waals surface area contributed by atoms with E-state index in [2.05, 4.69) is 10.2 Å². The SMILES string of the molecule is [Cl-].[Cl-].c1ccc(OCCNCCN2CCOCC2)cc1. The zero-order valence-electron chi connectivity index (χ0n) is 11.6. The molecule has 1 aliphatic rings. The summed E-state index contributed by atoms with van der Waals surface area (Å²) in [5.74, 6) is 0.937. The lowest BCUT2D eigenvalue weighted by molar-refractivity contribution is -0.00100. The number of rotatable bonds is 7. The molecule has 0 saturated carbocycles. The summed E-state index contributed by atoms with van der Waals surface area (Å²) >= 11 is 0. The van der Waals surface area contributed by atoms with Crippen molar-refractivity contribution in [3.63, 3.8) is 0 Å². The van der Waals surface area contributed by atoms with Gasteiger partial charge in [0.05, 0.1) is 13.2 Å². The summed E-state index contributed by atoms with van der Waals surface area (Å²) in [6.45, 7) is 7.57. The van der Waals surface area contributed by atoms with Crippen LogP contribution in [0.3, 0.4) is 0 Å². The van der Waals surface area contributed by atoms with E-state index in [0.717, 1.165) is 51.7 Å². The van der Waals surface area contributed by atoms with Gasteiger partial charge >= 0.3 is 0 Å². The second kappa shape index (κ2) is 12.2. The molecule has 6 heteroatoms. The first-order chi connectivity index (χ1) is 8.95. The molecule has 1 N–H and O–H groups in total. The summed E-state index contributed by atoms with van der Waals surface area (Å²) in [5, 5.41) is 3.40. The van der Waals surface area contributed by atoms with Crippen molar-refractivity contribution in [1.29, 1.82) is 0 Å². The Kier molecular flexibility index (Phi) is 11.9. The number of para-hydroxylation sites is 1. The minimum atomic E-state index is 0. The van der Waals surface area contributed by atoms with E-state index in [0.29, 0.717) is 6.61 Å². The Labute approximate surface area is 133 Å². The first kappa shape index (κ1) is 19.5. The van der Waals surface area contributed by atoms with Crippen molar-refractivity contribution in [3.05, 3.63) is 30.3 Å². The molecule has 0 radical (unpaired) electrons. The van der Waals surface area contributed by atoms with Crippen molar-refractivity contribution in [1.82, 2.24) is 10.2 Å². The predicted octanol–water partition coefficient (Wildman–Crippen LogP) is -5.00. The maximum Gasteiger partial charge on any atom is 0.119 e. The van der Waals surface area contributed by atoms with Crippen LogP contribution in [-0.2, 0) is 4.74 Å². The van der Waals surface area contributed by atoms with Gasteiger partial charge in [0, 0.05) is 32.7 Å². The third-order valence-corrected chi connectivity index (χ3v) is 3.00. The van der Waals surface area contributed by atoms with Crippen LogP contribution in [-0.4, -0.2) is 57.4 Å². The fraction of sp³-hybridized carbons (Fsp3) is 0.571. The number of halogens is 2. The highest BCUT2D eigenvalue weighted by Crippen LogP contribution is 2.07.